The Labute approximate surface area is 173 Å². The summed E-state index contributed by atoms with van der Waals surface area (Å²) in [5.41, 5.74) is 5.79. The number of pyridine rings is 1. The number of fused-ring (bicyclic) bond motifs is 1. The van der Waals surface area contributed by atoms with E-state index in [0.29, 0.717) is 11.3 Å². The van der Waals surface area contributed by atoms with Gasteiger partial charge >= 0.3 is 0 Å². The monoisotopic (exact) mass is 393 g/mol. The van der Waals surface area contributed by atoms with Crippen molar-refractivity contribution in [2.75, 3.05) is 5.32 Å². The Balaban J connectivity index is 1.48. The van der Waals surface area contributed by atoms with Gasteiger partial charge in [-0.2, -0.15) is 5.10 Å². The molecule has 0 bridgehead atoms. The third kappa shape index (κ3) is 3.24. The van der Waals surface area contributed by atoms with Gasteiger partial charge in [0.25, 0.3) is 5.91 Å². The first-order chi connectivity index (χ1) is 14.7. The van der Waals surface area contributed by atoms with E-state index in [1.165, 1.54) is 0 Å². The smallest absolute Gasteiger partial charge is 0.255 e. The maximum Gasteiger partial charge on any atom is 0.255 e. The van der Waals surface area contributed by atoms with Crippen LogP contribution in [0.15, 0.2) is 91.5 Å². The molecule has 0 atom stereocenters. The molecule has 3 heterocycles. The lowest BCUT2D eigenvalue weighted by Gasteiger charge is -2.10. The molecule has 0 aliphatic rings. The fourth-order valence-corrected chi connectivity index (χ4v) is 3.50. The first-order valence-corrected chi connectivity index (χ1v) is 9.64. The van der Waals surface area contributed by atoms with Gasteiger partial charge in [-0.25, -0.2) is 9.67 Å². The molecule has 146 valence electrons. The van der Waals surface area contributed by atoms with Crippen molar-refractivity contribution in [3.05, 3.63) is 103 Å². The van der Waals surface area contributed by atoms with E-state index in [9.17, 15) is 4.79 Å². The Morgan fingerprint density at radius 2 is 1.87 bits per heavy atom. The number of carbonyl (C=O) groups is 1. The summed E-state index contributed by atoms with van der Waals surface area (Å²) in [5, 5.41) is 7.27. The highest BCUT2D eigenvalue weighted by Gasteiger charge is 2.14. The molecule has 5 rings (SSSR count). The van der Waals surface area contributed by atoms with E-state index in [1.54, 1.807) is 16.9 Å². The average Bonchev–Trinajstić information content (AvgIpc) is 3.45. The molecule has 30 heavy (non-hydrogen) atoms. The number of imidazole rings is 1. The van der Waals surface area contributed by atoms with Gasteiger partial charge in [0.2, 0.25) is 0 Å². The molecular formula is C24H19N5O. The van der Waals surface area contributed by atoms with Crippen molar-refractivity contribution in [3.8, 4) is 16.9 Å². The maximum atomic E-state index is 13.0. The summed E-state index contributed by atoms with van der Waals surface area (Å²) in [6.45, 7) is 2.03. The third-order valence-corrected chi connectivity index (χ3v) is 5.01. The molecule has 0 radical (unpaired) electrons. The zero-order valence-corrected chi connectivity index (χ0v) is 16.4. The quantitative estimate of drug-likeness (QED) is 0.479. The Morgan fingerprint density at radius 3 is 2.70 bits per heavy atom. The fourth-order valence-electron chi connectivity index (χ4n) is 3.50. The van der Waals surface area contributed by atoms with Crippen LogP contribution in [0.2, 0.25) is 0 Å². The van der Waals surface area contributed by atoms with Gasteiger partial charge < -0.3 is 9.72 Å². The van der Waals surface area contributed by atoms with Crippen molar-refractivity contribution in [1.82, 2.24) is 19.2 Å². The Hall–Kier alpha value is -4.19. The Morgan fingerprint density at radius 1 is 0.967 bits per heavy atom. The minimum Gasteiger partial charge on any atom is -0.321 e. The zero-order valence-electron chi connectivity index (χ0n) is 16.4. The largest absolute Gasteiger partial charge is 0.321 e. The van der Waals surface area contributed by atoms with Crippen LogP contribution in [0.3, 0.4) is 0 Å². The van der Waals surface area contributed by atoms with Gasteiger partial charge in [0.15, 0.2) is 0 Å². The van der Waals surface area contributed by atoms with Gasteiger partial charge in [-0.05, 0) is 48.9 Å². The molecular weight excluding hydrogens is 374 g/mol. The number of hydrogen-bond acceptors (Lipinski definition) is 3. The van der Waals surface area contributed by atoms with Crippen molar-refractivity contribution >= 4 is 17.2 Å². The van der Waals surface area contributed by atoms with Crippen LogP contribution in [-0.2, 0) is 0 Å². The molecule has 1 N–H and O–H groups in total. The molecule has 0 saturated carbocycles. The predicted molar refractivity (Wildman–Crippen MR) is 117 cm³/mol. The average molecular weight is 393 g/mol. The number of amides is 1. The number of benzene rings is 2. The molecule has 1 amide bonds. The van der Waals surface area contributed by atoms with E-state index in [2.05, 4.69) is 10.4 Å². The van der Waals surface area contributed by atoms with Crippen molar-refractivity contribution in [2.24, 2.45) is 0 Å². The first kappa shape index (κ1) is 17.9. The van der Waals surface area contributed by atoms with Gasteiger partial charge in [0, 0.05) is 35.9 Å². The van der Waals surface area contributed by atoms with Crippen molar-refractivity contribution < 1.29 is 4.79 Å². The molecule has 2 aromatic carbocycles. The number of nitrogens with one attached hydrogen (secondary N) is 1. The number of aromatic nitrogens is 4. The van der Waals surface area contributed by atoms with Crippen LogP contribution < -0.4 is 5.32 Å². The van der Waals surface area contributed by atoms with Crippen molar-refractivity contribution in [3.63, 3.8) is 0 Å². The van der Waals surface area contributed by atoms with Crippen molar-refractivity contribution in [2.45, 2.75) is 6.92 Å². The first-order valence-electron chi connectivity index (χ1n) is 9.64. The van der Waals surface area contributed by atoms with Crippen LogP contribution in [0.25, 0.3) is 22.6 Å². The van der Waals surface area contributed by atoms with Crippen LogP contribution in [0.4, 0.5) is 5.69 Å². The number of hydrogen-bond donors (Lipinski definition) is 1. The number of aryl methyl sites for hydroxylation is 1. The molecule has 6 heteroatoms. The molecule has 5 aromatic rings. The lowest BCUT2D eigenvalue weighted by atomic mass is 10.1. The highest BCUT2D eigenvalue weighted by atomic mass is 16.1. The topological polar surface area (TPSA) is 64.2 Å². The van der Waals surface area contributed by atoms with E-state index < -0.39 is 0 Å². The van der Waals surface area contributed by atoms with E-state index in [4.69, 9.17) is 4.98 Å². The number of rotatable bonds is 4. The minimum atomic E-state index is -0.184. The molecule has 0 spiro atoms. The van der Waals surface area contributed by atoms with Gasteiger partial charge in [-0.15, -0.1) is 0 Å². The number of nitrogens with zero attached hydrogens (tertiary/aromatic N) is 4. The molecule has 6 nitrogen and oxygen atoms in total. The fraction of sp³-hybridized carbons (Fsp3) is 0.0417. The van der Waals surface area contributed by atoms with Crippen LogP contribution in [0, 0.1) is 6.92 Å². The Kier molecular flexibility index (Phi) is 4.37. The summed E-state index contributed by atoms with van der Waals surface area (Å²) >= 11 is 0. The number of anilines is 1. The minimum absolute atomic E-state index is 0.184. The second kappa shape index (κ2) is 7.33. The maximum absolute atomic E-state index is 13.0. The summed E-state index contributed by atoms with van der Waals surface area (Å²) in [5.74, 6) is -0.184. The number of para-hydroxylation sites is 1. The molecule has 0 unspecified atom stereocenters. The SMILES string of the molecule is Cc1cccn2cc(-c3ccccc3NC(=O)c3cccc(-n4cccn4)c3)nc12. The van der Waals surface area contributed by atoms with Crippen LogP contribution in [0.1, 0.15) is 15.9 Å². The number of carbonyl (C=O) groups excluding carboxylic acids is 1. The van der Waals surface area contributed by atoms with E-state index in [-0.39, 0.29) is 5.91 Å². The molecule has 0 aliphatic heterocycles. The van der Waals surface area contributed by atoms with E-state index in [0.717, 1.165) is 28.2 Å². The summed E-state index contributed by atoms with van der Waals surface area (Å²) in [6.07, 6.45) is 7.50. The van der Waals surface area contributed by atoms with Gasteiger partial charge in [0.05, 0.1) is 17.1 Å². The van der Waals surface area contributed by atoms with E-state index >= 15 is 0 Å². The zero-order chi connectivity index (χ0) is 20.5. The van der Waals surface area contributed by atoms with Gasteiger partial charge in [0.1, 0.15) is 5.65 Å². The molecule has 3 aromatic heterocycles. The second-order valence-corrected chi connectivity index (χ2v) is 7.05. The molecule has 0 fully saturated rings. The molecule has 0 saturated heterocycles. The van der Waals surface area contributed by atoms with Crippen molar-refractivity contribution in [1.29, 1.82) is 0 Å². The van der Waals surface area contributed by atoms with Crippen LogP contribution in [0.5, 0.6) is 0 Å². The lowest BCUT2D eigenvalue weighted by Crippen LogP contribution is -2.13. The van der Waals surface area contributed by atoms with Crippen LogP contribution in [-0.4, -0.2) is 25.1 Å². The van der Waals surface area contributed by atoms with Crippen LogP contribution >= 0.6 is 0 Å². The highest BCUT2D eigenvalue weighted by molar-refractivity contribution is 6.06. The summed E-state index contributed by atoms with van der Waals surface area (Å²) in [6, 6.07) is 21.0. The molecule has 0 aliphatic carbocycles. The summed E-state index contributed by atoms with van der Waals surface area (Å²) < 4.78 is 3.72. The standard InChI is InChI=1S/C24H19N5O/c1-17-7-5-13-28-16-22(26-23(17)28)20-10-2-3-11-21(20)27-24(30)18-8-4-9-19(15-18)29-14-6-12-25-29/h2-16H,1H3,(H,27,30). The van der Waals surface area contributed by atoms with Gasteiger partial charge in [-0.3, -0.25) is 4.79 Å². The second-order valence-electron chi connectivity index (χ2n) is 7.05. The summed E-state index contributed by atoms with van der Waals surface area (Å²) in [7, 11) is 0. The highest BCUT2D eigenvalue weighted by Crippen LogP contribution is 2.28. The van der Waals surface area contributed by atoms with Gasteiger partial charge in [-0.1, -0.05) is 30.3 Å². The predicted octanol–water partition coefficient (Wildman–Crippen LogP) is 4.75. The van der Waals surface area contributed by atoms with E-state index in [1.807, 2.05) is 90.6 Å². The normalized spacial score (nSPS) is 11.0. The lowest BCUT2D eigenvalue weighted by molar-refractivity contribution is 0.102. The third-order valence-electron chi connectivity index (χ3n) is 5.01. The summed E-state index contributed by atoms with van der Waals surface area (Å²) in [4.78, 5) is 17.8. The Bertz CT molecular complexity index is 1350.